The number of benzene rings is 1. The smallest absolute Gasteiger partial charge is 0.214 e. The first-order valence-corrected chi connectivity index (χ1v) is 9.59. The summed E-state index contributed by atoms with van der Waals surface area (Å²) >= 11 is 0. The molecule has 0 aromatic heterocycles. The standard InChI is InChI=1S/C16H26N4O3S/c1-17-16(18-9-11-20-10-4-12-24(20,21)22)19(2)13-14-5-7-15(23-3)8-6-14/h5-8H,4,9-13H2,1-3H3,(H,17,18). The predicted molar refractivity (Wildman–Crippen MR) is 95.8 cm³/mol. The number of rotatable bonds is 6. The lowest BCUT2D eigenvalue weighted by molar-refractivity contribution is 0.413. The Hall–Kier alpha value is -1.80. The molecule has 1 aliphatic heterocycles. The van der Waals surface area contributed by atoms with Crippen LogP contribution in [-0.2, 0) is 16.6 Å². The van der Waals surface area contributed by atoms with Crippen LogP contribution in [0.15, 0.2) is 29.3 Å². The van der Waals surface area contributed by atoms with Gasteiger partial charge in [-0.15, -0.1) is 0 Å². The molecular formula is C16H26N4O3S. The summed E-state index contributed by atoms with van der Waals surface area (Å²) in [5.74, 6) is 1.83. The number of methoxy groups -OCH3 is 1. The van der Waals surface area contributed by atoms with Crippen LogP contribution in [0.3, 0.4) is 0 Å². The molecule has 0 amide bonds. The molecule has 7 nitrogen and oxygen atoms in total. The number of guanidine groups is 1. The van der Waals surface area contributed by atoms with Crippen molar-refractivity contribution in [1.82, 2.24) is 14.5 Å². The molecule has 0 bridgehead atoms. The van der Waals surface area contributed by atoms with E-state index in [1.54, 1.807) is 14.2 Å². The molecule has 8 heteroatoms. The van der Waals surface area contributed by atoms with Crippen LogP contribution in [0.1, 0.15) is 12.0 Å². The van der Waals surface area contributed by atoms with Crippen LogP contribution < -0.4 is 10.1 Å². The zero-order valence-corrected chi connectivity index (χ0v) is 15.3. The number of hydrogen-bond donors (Lipinski definition) is 1. The average Bonchev–Trinajstić information content (AvgIpc) is 2.90. The van der Waals surface area contributed by atoms with Crippen LogP contribution in [0.5, 0.6) is 5.75 Å². The highest BCUT2D eigenvalue weighted by molar-refractivity contribution is 7.89. The highest BCUT2D eigenvalue weighted by atomic mass is 32.2. The minimum absolute atomic E-state index is 0.263. The van der Waals surface area contributed by atoms with Crippen LogP contribution in [0, 0.1) is 0 Å². The SMILES string of the molecule is CN=C(NCCN1CCCS1(=O)=O)N(C)Cc1ccc(OC)cc1. The van der Waals surface area contributed by atoms with Gasteiger partial charge in [0.05, 0.1) is 12.9 Å². The molecule has 1 fully saturated rings. The molecule has 1 heterocycles. The van der Waals surface area contributed by atoms with Crippen molar-refractivity contribution in [3.8, 4) is 5.75 Å². The first-order valence-electron chi connectivity index (χ1n) is 7.99. The van der Waals surface area contributed by atoms with Gasteiger partial charge in [0.1, 0.15) is 5.75 Å². The minimum Gasteiger partial charge on any atom is -0.497 e. The number of ether oxygens (including phenoxy) is 1. The first-order chi connectivity index (χ1) is 11.5. The number of nitrogens with zero attached hydrogens (tertiary/aromatic N) is 3. The lowest BCUT2D eigenvalue weighted by atomic mass is 10.2. The highest BCUT2D eigenvalue weighted by Crippen LogP contribution is 2.13. The summed E-state index contributed by atoms with van der Waals surface area (Å²) in [6.07, 6.45) is 0.717. The summed E-state index contributed by atoms with van der Waals surface area (Å²) in [5, 5.41) is 3.22. The topological polar surface area (TPSA) is 74.2 Å². The van der Waals surface area contributed by atoms with Gasteiger partial charge >= 0.3 is 0 Å². The van der Waals surface area contributed by atoms with Crippen molar-refractivity contribution < 1.29 is 13.2 Å². The van der Waals surface area contributed by atoms with Crippen molar-refractivity contribution >= 4 is 16.0 Å². The van der Waals surface area contributed by atoms with E-state index in [-0.39, 0.29) is 5.75 Å². The number of hydrogen-bond acceptors (Lipinski definition) is 4. The Morgan fingerprint density at radius 2 is 2.08 bits per heavy atom. The Morgan fingerprint density at radius 1 is 1.38 bits per heavy atom. The summed E-state index contributed by atoms with van der Waals surface area (Å²) in [6.45, 7) is 2.33. The molecule has 24 heavy (non-hydrogen) atoms. The third-order valence-corrected chi connectivity index (χ3v) is 5.96. The van der Waals surface area contributed by atoms with Gasteiger partial charge in [0.2, 0.25) is 10.0 Å². The van der Waals surface area contributed by atoms with Gasteiger partial charge in [-0.1, -0.05) is 12.1 Å². The van der Waals surface area contributed by atoms with Gasteiger partial charge in [0, 0.05) is 40.3 Å². The Kier molecular flexibility index (Phi) is 6.44. The van der Waals surface area contributed by atoms with Crippen molar-refractivity contribution in [1.29, 1.82) is 0 Å². The summed E-state index contributed by atoms with van der Waals surface area (Å²) in [7, 11) is 2.28. The van der Waals surface area contributed by atoms with E-state index in [2.05, 4.69) is 10.3 Å². The van der Waals surface area contributed by atoms with Gasteiger partial charge in [0.25, 0.3) is 0 Å². The summed E-state index contributed by atoms with van der Waals surface area (Å²) in [5.41, 5.74) is 1.14. The molecule has 1 N–H and O–H groups in total. The molecule has 0 spiro atoms. The lowest BCUT2D eigenvalue weighted by Crippen LogP contribution is -2.42. The molecule has 0 radical (unpaired) electrons. The van der Waals surface area contributed by atoms with E-state index in [0.717, 1.165) is 17.3 Å². The van der Waals surface area contributed by atoms with Gasteiger partial charge in [-0.05, 0) is 24.1 Å². The van der Waals surface area contributed by atoms with Gasteiger partial charge < -0.3 is 15.0 Å². The zero-order chi connectivity index (χ0) is 17.6. The zero-order valence-electron chi connectivity index (χ0n) is 14.5. The maximum atomic E-state index is 11.8. The minimum atomic E-state index is -3.04. The fraction of sp³-hybridized carbons (Fsp3) is 0.562. The monoisotopic (exact) mass is 354 g/mol. The Labute approximate surface area is 144 Å². The third-order valence-electron chi connectivity index (χ3n) is 4.00. The van der Waals surface area contributed by atoms with E-state index < -0.39 is 10.0 Å². The quantitative estimate of drug-likeness (QED) is 0.602. The van der Waals surface area contributed by atoms with E-state index in [0.29, 0.717) is 32.6 Å². The molecular weight excluding hydrogens is 328 g/mol. The van der Waals surface area contributed by atoms with Crippen molar-refractivity contribution in [2.24, 2.45) is 4.99 Å². The molecule has 0 atom stereocenters. The van der Waals surface area contributed by atoms with Crippen molar-refractivity contribution in [3.63, 3.8) is 0 Å². The van der Waals surface area contributed by atoms with Gasteiger partial charge in [-0.25, -0.2) is 12.7 Å². The molecule has 1 aromatic rings. The second-order valence-corrected chi connectivity index (χ2v) is 7.84. The number of nitrogens with one attached hydrogen (secondary N) is 1. The lowest BCUT2D eigenvalue weighted by Gasteiger charge is -2.23. The molecule has 2 rings (SSSR count). The number of aliphatic imine (C=N–C) groups is 1. The maximum Gasteiger partial charge on any atom is 0.214 e. The van der Waals surface area contributed by atoms with Crippen LogP contribution in [0.4, 0.5) is 0 Å². The van der Waals surface area contributed by atoms with Crippen LogP contribution in [-0.4, -0.2) is 70.2 Å². The molecule has 0 aliphatic carbocycles. The molecule has 134 valence electrons. The molecule has 0 unspecified atom stereocenters. The van der Waals surface area contributed by atoms with Gasteiger partial charge in [-0.2, -0.15) is 0 Å². The van der Waals surface area contributed by atoms with Gasteiger partial charge in [-0.3, -0.25) is 4.99 Å². The molecule has 0 saturated carbocycles. The summed E-state index contributed by atoms with van der Waals surface area (Å²) < 4.78 is 30.3. The second kappa shape index (κ2) is 8.34. The van der Waals surface area contributed by atoms with Crippen LogP contribution in [0.25, 0.3) is 0 Å². The van der Waals surface area contributed by atoms with Crippen LogP contribution in [0.2, 0.25) is 0 Å². The van der Waals surface area contributed by atoms with Crippen LogP contribution >= 0.6 is 0 Å². The fourth-order valence-corrected chi connectivity index (χ4v) is 4.23. The van der Waals surface area contributed by atoms with E-state index in [1.807, 2.05) is 36.2 Å². The van der Waals surface area contributed by atoms with E-state index >= 15 is 0 Å². The van der Waals surface area contributed by atoms with Crippen molar-refractivity contribution in [2.45, 2.75) is 13.0 Å². The van der Waals surface area contributed by atoms with E-state index in [1.165, 1.54) is 4.31 Å². The Morgan fingerprint density at radius 3 is 2.62 bits per heavy atom. The maximum absolute atomic E-state index is 11.8. The largest absolute Gasteiger partial charge is 0.497 e. The first kappa shape index (κ1) is 18.5. The third kappa shape index (κ3) is 4.85. The fourth-order valence-electron chi connectivity index (χ4n) is 2.70. The average molecular weight is 354 g/mol. The van der Waals surface area contributed by atoms with Crippen molar-refractivity contribution in [2.75, 3.05) is 46.6 Å². The number of sulfonamides is 1. The summed E-state index contributed by atoms with van der Waals surface area (Å²) in [6, 6.07) is 7.88. The van der Waals surface area contributed by atoms with E-state index in [4.69, 9.17) is 4.74 Å². The van der Waals surface area contributed by atoms with E-state index in [9.17, 15) is 8.42 Å². The molecule has 1 aliphatic rings. The predicted octanol–water partition coefficient (Wildman–Crippen LogP) is 0.738. The van der Waals surface area contributed by atoms with Crippen molar-refractivity contribution in [3.05, 3.63) is 29.8 Å². The second-order valence-electron chi connectivity index (χ2n) is 5.75. The normalized spacial score (nSPS) is 17.7. The van der Waals surface area contributed by atoms with Gasteiger partial charge in [0.15, 0.2) is 5.96 Å². The Bertz CT molecular complexity index is 658. The molecule has 1 saturated heterocycles. The molecule has 1 aromatic carbocycles. The highest BCUT2D eigenvalue weighted by Gasteiger charge is 2.27. The Balaban J connectivity index is 1.84. The summed E-state index contributed by atoms with van der Waals surface area (Å²) in [4.78, 5) is 6.26.